The number of nitrogens with zero attached hydrogens (tertiary/aromatic N) is 1. The molecule has 2 saturated heterocycles. The zero-order valence-corrected chi connectivity index (χ0v) is 22.8. The average molecular weight is 502 g/mol. The van der Waals surface area contributed by atoms with E-state index in [4.69, 9.17) is 0 Å². The smallest absolute Gasteiger partial charge is 0.232 e. The first-order valence-electron chi connectivity index (χ1n) is 15.3. The first kappa shape index (κ1) is 25.1. The van der Waals surface area contributed by atoms with Gasteiger partial charge in [0, 0.05) is 18.2 Å². The van der Waals surface area contributed by atoms with Crippen molar-refractivity contribution in [3.8, 4) is 0 Å². The van der Waals surface area contributed by atoms with Crippen molar-refractivity contribution in [2.75, 3.05) is 26.7 Å². The van der Waals surface area contributed by atoms with E-state index in [0.29, 0.717) is 23.8 Å². The maximum absolute atomic E-state index is 14.7. The van der Waals surface area contributed by atoms with Gasteiger partial charge in [0.2, 0.25) is 5.91 Å². The molecule has 1 spiro atoms. The van der Waals surface area contributed by atoms with Gasteiger partial charge < -0.3 is 15.5 Å². The molecule has 2 heterocycles. The van der Waals surface area contributed by atoms with Crippen molar-refractivity contribution in [2.24, 2.45) is 11.8 Å². The maximum Gasteiger partial charge on any atom is 0.232 e. The standard InChI is InChI=1S/C33H45N3O/c1-34-21-27-14-8-16-29-28(27)15-9-18-33(29)23-35-22-30(33)32(37)36-19-17-26(24-10-4-2-5-11-24)20-31(36)25-12-6-3-7-13-25/h2,4-5,8,10-11,14,16,25-26,30-31,34-35H,3,6-7,9,12-13,15,17-23H2,1H3/p+2/t26-,30+,31+,33+/m1/s1. The molecule has 4 N–H and O–H groups in total. The number of benzene rings is 2. The monoisotopic (exact) mass is 501 g/mol. The average Bonchev–Trinajstić information content (AvgIpc) is 3.38. The van der Waals surface area contributed by atoms with Crippen LogP contribution < -0.4 is 10.6 Å². The van der Waals surface area contributed by atoms with Crippen LogP contribution in [-0.2, 0) is 23.2 Å². The van der Waals surface area contributed by atoms with Gasteiger partial charge in [-0.15, -0.1) is 0 Å². The van der Waals surface area contributed by atoms with Crippen LogP contribution in [0.4, 0.5) is 0 Å². The van der Waals surface area contributed by atoms with E-state index in [0.717, 1.165) is 39.0 Å². The van der Waals surface area contributed by atoms with E-state index in [1.807, 2.05) is 0 Å². The van der Waals surface area contributed by atoms with E-state index in [9.17, 15) is 4.79 Å². The van der Waals surface area contributed by atoms with Gasteiger partial charge in [0.1, 0.15) is 12.5 Å². The lowest BCUT2D eigenvalue weighted by Crippen LogP contribution is -2.82. The van der Waals surface area contributed by atoms with E-state index in [1.54, 1.807) is 5.56 Å². The summed E-state index contributed by atoms with van der Waals surface area (Å²) in [6.07, 6.45) is 12.5. The largest absolute Gasteiger partial charge is 0.345 e. The zero-order chi connectivity index (χ0) is 25.2. The van der Waals surface area contributed by atoms with Gasteiger partial charge in [-0.1, -0.05) is 67.8 Å². The first-order chi connectivity index (χ1) is 18.2. The fraction of sp³-hybridized carbons (Fsp3) is 0.606. The van der Waals surface area contributed by atoms with E-state index >= 15 is 0 Å². The highest BCUT2D eigenvalue weighted by Crippen LogP contribution is 2.47. The number of rotatable bonds is 5. The lowest BCUT2D eigenvalue weighted by atomic mass is 9.63. The summed E-state index contributed by atoms with van der Waals surface area (Å²) in [5, 5.41) is 4.74. The summed E-state index contributed by atoms with van der Waals surface area (Å²) in [5.74, 6) is 1.86. The number of nitrogens with two attached hydrogens (primary N) is 2. The van der Waals surface area contributed by atoms with Gasteiger partial charge in [-0.25, -0.2) is 0 Å². The lowest BCUT2D eigenvalue weighted by Gasteiger charge is -2.47. The molecule has 4 aliphatic rings. The number of hydrogen-bond donors (Lipinski definition) is 2. The number of carbonyl (C=O) groups excluding carboxylic acids is 1. The van der Waals surface area contributed by atoms with Crippen LogP contribution in [0.2, 0.25) is 0 Å². The van der Waals surface area contributed by atoms with Gasteiger partial charge in [0.15, 0.2) is 0 Å². The lowest BCUT2D eigenvalue weighted by molar-refractivity contribution is -0.643. The predicted octanol–water partition coefficient (Wildman–Crippen LogP) is 3.50. The highest BCUT2D eigenvalue weighted by atomic mass is 16.2. The number of carbonyl (C=O) groups is 1. The van der Waals surface area contributed by atoms with Gasteiger partial charge in [0.05, 0.1) is 25.6 Å². The first-order valence-corrected chi connectivity index (χ1v) is 15.3. The van der Waals surface area contributed by atoms with Gasteiger partial charge in [0.25, 0.3) is 0 Å². The molecular weight excluding hydrogens is 454 g/mol. The molecule has 2 aromatic rings. The molecule has 3 fully saturated rings. The molecule has 0 radical (unpaired) electrons. The van der Waals surface area contributed by atoms with Crippen molar-refractivity contribution in [1.82, 2.24) is 4.90 Å². The van der Waals surface area contributed by atoms with Gasteiger partial charge in [-0.2, -0.15) is 0 Å². The molecule has 2 aromatic carbocycles. The van der Waals surface area contributed by atoms with E-state index < -0.39 is 0 Å². The Labute approximate surface area is 223 Å². The summed E-state index contributed by atoms with van der Waals surface area (Å²) in [5.41, 5.74) is 6.05. The SMILES string of the molecule is C[NH2+]Cc1cccc2c1CCC[C@]21C[NH2+]C[C@H]1C(=O)N1CC[C@@H](c2ccccc2)C[C@H]1C1CCCCC1. The van der Waals surface area contributed by atoms with Crippen molar-refractivity contribution >= 4 is 5.91 Å². The molecule has 4 heteroatoms. The van der Waals surface area contributed by atoms with Crippen LogP contribution in [0.5, 0.6) is 0 Å². The zero-order valence-electron chi connectivity index (χ0n) is 22.8. The molecule has 6 rings (SSSR count). The topological polar surface area (TPSA) is 53.5 Å². The third-order valence-electron chi connectivity index (χ3n) is 10.6. The fourth-order valence-electron chi connectivity index (χ4n) is 8.77. The summed E-state index contributed by atoms with van der Waals surface area (Å²) in [6, 6.07) is 18.5. The van der Waals surface area contributed by atoms with Gasteiger partial charge >= 0.3 is 0 Å². The Bertz CT molecular complexity index is 1080. The van der Waals surface area contributed by atoms with Crippen LogP contribution in [0.3, 0.4) is 0 Å². The van der Waals surface area contributed by atoms with E-state index in [1.165, 1.54) is 68.1 Å². The highest BCUT2D eigenvalue weighted by Gasteiger charge is 2.55. The van der Waals surface area contributed by atoms with Crippen LogP contribution in [0.15, 0.2) is 48.5 Å². The summed E-state index contributed by atoms with van der Waals surface area (Å²) >= 11 is 0. The molecule has 4 atom stereocenters. The summed E-state index contributed by atoms with van der Waals surface area (Å²) in [4.78, 5) is 17.1. The van der Waals surface area contributed by atoms with Crippen molar-refractivity contribution < 1.29 is 15.4 Å². The van der Waals surface area contributed by atoms with Crippen molar-refractivity contribution in [1.29, 1.82) is 0 Å². The van der Waals surface area contributed by atoms with Crippen LogP contribution in [-0.4, -0.2) is 43.5 Å². The molecule has 1 amide bonds. The van der Waals surface area contributed by atoms with Gasteiger partial charge in [-0.3, -0.25) is 4.79 Å². The Morgan fingerprint density at radius 3 is 2.68 bits per heavy atom. The quantitative estimate of drug-likeness (QED) is 0.647. The van der Waals surface area contributed by atoms with Crippen LogP contribution in [0, 0.1) is 11.8 Å². The third kappa shape index (κ3) is 4.65. The number of hydrogen-bond acceptors (Lipinski definition) is 1. The second-order valence-electron chi connectivity index (χ2n) is 12.5. The van der Waals surface area contributed by atoms with E-state index in [-0.39, 0.29) is 11.3 Å². The molecule has 4 nitrogen and oxygen atoms in total. The molecule has 198 valence electrons. The van der Waals surface area contributed by atoms with E-state index in [2.05, 4.69) is 71.1 Å². The molecule has 2 aliphatic heterocycles. The minimum Gasteiger partial charge on any atom is -0.345 e. The summed E-state index contributed by atoms with van der Waals surface area (Å²) in [7, 11) is 2.16. The van der Waals surface area contributed by atoms with Crippen molar-refractivity contribution in [3.05, 3.63) is 70.8 Å². The minimum absolute atomic E-state index is 0.0157. The molecule has 37 heavy (non-hydrogen) atoms. The van der Waals surface area contributed by atoms with Crippen LogP contribution in [0.1, 0.15) is 86.0 Å². The van der Waals surface area contributed by atoms with Crippen molar-refractivity contribution in [3.63, 3.8) is 0 Å². The third-order valence-corrected chi connectivity index (χ3v) is 10.6. The molecule has 0 aromatic heterocycles. The Hall–Kier alpha value is -2.17. The fourth-order valence-corrected chi connectivity index (χ4v) is 8.77. The van der Waals surface area contributed by atoms with Crippen molar-refractivity contribution in [2.45, 2.75) is 88.1 Å². The molecule has 1 saturated carbocycles. The van der Waals surface area contributed by atoms with Gasteiger partial charge in [-0.05, 0) is 73.5 Å². The Balaban J connectivity index is 1.31. The molecule has 2 aliphatic carbocycles. The molecule has 0 bridgehead atoms. The Kier molecular flexibility index (Phi) is 7.40. The molecular formula is C33H47N3O+2. The predicted molar refractivity (Wildman–Crippen MR) is 148 cm³/mol. The second kappa shape index (κ2) is 10.9. The summed E-state index contributed by atoms with van der Waals surface area (Å²) < 4.78 is 0. The summed E-state index contributed by atoms with van der Waals surface area (Å²) in [6.45, 7) is 4.00. The second-order valence-corrected chi connectivity index (χ2v) is 12.5. The van der Waals surface area contributed by atoms with Crippen LogP contribution >= 0.6 is 0 Å². The Morgan fingerprint density at radius 2 is 1.86 bits per heavy atom. The normalized spacial score (nSPS) is 30.4. The maximum atomic E-state index is 14.7. The number of likely N-dealkylation sites (tertiary alicyclic amines) is 1. The Morgan fingerprint density at radius 1 is 1.03 bits per heavy atom. The number of quaternary nitrogens is 2. The number of piperidine rings is 1. The van der Waals surface area contributed by atoms with Crippen LogP contribution in [0.25, 0.3) is 0 Å². The highest BCUT2D eigenvalue weighted by molar-refractivity contribution is 5.82. The molecule has 0 unspecified atom stereocenters. The number of amides is 1. The minimum atomic E-state index is 0.0157. The number of fused-ring (bicyclic) bond motifs is 2.